The molecule has 0 fully saturated rings. The molecule has 0 unspecified atom stereocenters. The Labute approximate surface area is 197 Å². The minimum absolute atomic E-state index is 0.0645. The number of benzene rings is 3. The zero-order valence-corrected chi connectivity index (χ0v) is 19.2. The molecule has 33 heavy (non-hydrogen) atoms. The van der Waals surface area contributed by atoms with Gasteiger partial charge in [-0.3, -0.25) is 9.59 Å². The van der Waals surface area contributed by atoms with Crippen LogP contribution >= 0.6 is 11.3 Å². The molecular formula is C27H25N3O2S. The van der Waals surface area contributed by atoms with Crippen LogP contribution in [0.5, 0.6) is 0 Å². The molecule has 0 saturated carbocycles. The van der Waals surface area contributed by atoms with E-state index in [1.165, 1.54) is 5.56 Å². The SMILES string of the molecule is Cc1ccc(-c2nc(CCNC(=O)CNC(=O)c3ccc(-c4ccccc4)cc3)cs2)cc1. The predicted octanol–water partition coefficient (Wildman–Crippen LogP) is 4.87. The van der Waals surface area contributed by atoms with Crippen LogP contribution in [-0.2, 0) is 11.2 Å². The van der Waals surface area contributed by atoms with Crippen molar-refractivity contribution in [2.24, 2.45) is 0 Å². The van der Waals surface area contributed by atoms with Gasteiger partial charge >= 0.3 is 0 Å². The van der Waals surface area contributed by atoms with E-state index in [9.17, 15) is 9.59 Å². The molecule has 2 amide bonds. The lowest BCUT2D eigenvalue weighted by Gasteiger charge is -2.07. The van der Waals surface area contributed by atoms with Gasteiger partial charge in [-0.2, -0.15) is 0 Å². The molecule has 166 valence electrons. The summed E-state index contributed by atoms with van der Waals surface area (Å²) in [5.74, 6) is -0.495. The first-order valence-corrected chi connectivity index (χ1v) is 11.7. The van der Waals surface area contributed by atoms with Crippen molar-refractivity contribution in [3.63, 3.8) is 0 Å². The van der Waals surface area contributed by atoms with Crippen LogP contribution in [-0.4, -0.2) is 29.9 Å². The molecule has 3 aromatic carbocycles. The van der Waals surface area contributed by atoms with Crippen molar-refractivity contribution in [1.29, 1.82) is 0 Å². The van der Waals surface area contributed by atoms with Gasteiger partial charge in [0.25, 0.3) is 5.91 Å². The molecule has 0 aliphatic carbocycles. The number of carbonyl (C=O) groups is 2. The average molecular weight is 456 g/mol. The Morgan fingerprint density at radius 1 is 0.818 bits per heavy atom. The maximum Gasteiger partial charge on any atom is 0.251 e. The largest absolute Gasteiger partial charge is 0.354 e. The van der Waals surface area contributed by atoms with Gasteiger partial charge in [-0.05, 0) is 30.2 Å². The second-order valence-corrected chi connectivity index (χ2v) is 8.59. The van der Waals surface area contributed by atoms with Crippen molar-refractivity contribution in [2.75, 3.05) is 13.1 Å². The molecule has 0 bridgehead atoms. The highest BCUT2D eigenvalue weighted by atomic mass is 32.1. The number of nitrogens with zero attached hydrogens (tertiary/aromatic N) is 1. The summed E-state index contributed by atoms with van der Waals surface area (Å²) < 4.78 is 0. The monoisotopic (exact) mass is 455 g/mol. The lowest BCUT2D eigenvalue weighted by molar-refractivity contribution is -0.120. The number of carbonyl (C=O) groups excluding carboxylic acids is 2. The van der Waals surface area contributed by atoms with E-state index in [2.05, 4.69) is 46.8 Å². The summed E-state index contributed by atoms with van der Waals surface area (Å²) in [5, 5.41) is 8.50. The van der Waals surface area contributed by atoms with Gasteiger partial charge in [0.2, 0.25) is 5.91 Å². The van der Waals surface area contributed by atoms with Crippen molar-refractivity contribution in [3.05, 3.63) is 101 Å². The van der Waals surface area contributed by atoms with Crippen molar-refractivity contribution in [1.82, 2.24) is 15.6 Å². The van der Waals surface area contributed by atoms with Crippen LogP contribution in [0.3, 0.4) is 0 Å². The van der Waals surface area contributed by atoms with E-state index < -0.39 is 0 Å². The van der Waals surface area contributed by atoms with Crippen molar-refractivity contribution in [3.8, 4) is 21.7 Å². The number of thiazole rings is 1. The summed E-state index contributed by atoms with van der Waals surface area (Å²) >= 11 is 1.60. The van der Waals surface area contributed by atoms with Gasteiger partial charge in [0.15, 0.2) is 0 Å². The lowest BCUT2D eigenvalue weighted by Crippen LogP contribution is -2.37. The molecule has 2 N–H and O–H groups in total. The molecule has 4 rings (SSSR count). The third-order valence-electron chi connectivity index (χ3n) is 5.22. The van der Waals surface area contributed by atoms with E-state index in [1.54, 1.807) is 23.5 Å². The van der Waals surface area contributed by atoms with E-state index >= 15 is 0 Å². The van der Waals surface area contributed by atoms with Gasteiger partial charge in [0.05, 0.1) is 12.2 Å². The maximum atomic E-state index is 12.4. The zero-order chi connectivity index (χ0) is 23.0. The molecule has 0 atom stereocenters. The fourth-order valence-electron chi connectivity index (χ4n) is 3.35. The Bertz CT molecular complexity index is 1220. The van der Waals surface area contributed by atoms with E-state index in [-0.39, 0.29) is 18.4 Å². The Hall–Kier alpha value is -3.77. The van der Waals surface area contributed by atoms with Gasteiger partial charge in [-0.15, -0.1) is 11.3 Å². The summed E-state index contributed by atoms with van der Waals surface area (Å²) in [4.78, 5) is 29.1. The smallest absolute Gasteiger partial charge is 0.251 e. The molecule has 0 saturated heterocycles. The molecule has 6 heteroatoms. The van der Waals surface area contributed by atoms with Crippen molar-refractivity contribution in [2.45, 2.75) is 13.3 Å². The first-order valence-electron chi connectivity index (χ1n) is 10.8. The highest BCUT2D eigenvalue weighted by molar-refractivity contribution is 7.13. The summed E-state index contributed by atoms with van der Waals surface area (Å²) in [6.07, 6.45) is 0.642. The average Bonchev–Trinajstić information content (AvgIpc) is 3.32. The van der Waals surface area contributed by atoms with Gasteiger partial charge in [0, 0.05) is 29.5 Å². The minimum atomic E-state index is -0.271. The fraction of sp³-hybridized carbons (Fsp3) is 0.148. The molecule has 0 aliphatic rings. The number of aromatic nitrogens is 1. The third-order valence-corrected chi connectivity index (χ3v) is 6.16. The van der Waals surface area contributed by atoms with Gasteiger partial charge in [-0.1, -0.05) is 72.3 Å². The summed E-state index contributed by atoms with van der Waals surface area (Å²) in [5.41, 5.74) is 5.91. The zero-order valence-electron chi connectivity index (χ0n) is 18.4. The molecule has 4 aromatic rings. The van der Waals surface area contributed by atoms with E-state index in [1.807, 2.05) is 47.8 Å². The predicted molar refractivity (Wildman–Crippen MR) is 133 cm³/mol. The quantitative estimate of drug-likeness (QED) is 0.398. The first kappa shape index (κ1) is 22.4. The van der Waals surface area contributed by atoms with E-state index in [4.69, 9.17) is 0 Å². The molecule has 0 spiro atoms. The number of amides is 2. The topological polar surface area (TPSA) is 71.1 Å². The first-order chi connectivity index (χ1) is 16.1. The van der Waals surface area contributed by atoms with Gasteiger partial charge in [-0.25, -0.2) is 4.98 Å². The molecule has 1 aromatic heterocycles. The third kappa shape index (κ3) is 6.14. The van der Waals surface area contributed by atoms with Crippen LogP contribution in [0, 0.1) is 6.92 Å². The standard InChI is InChI=1S/C27H25N3O2S/c1-19-7-9-23(10-8-19)27-30-24(18-33-27)15-16-28-25(31)17-29-26(32)22-13-11-21(12-14-22)20-5-3-2-4-6-20/h2-14,18H,15-17H2,1H3,(H,28,31)(H,29,32). The highest BCUT2D eigenvalue weighted by Gasteiger charge is 2.09. The normalized spacial score (nSPS) is 10.6. The van der Waals surface area contributed by atoms with Gasteiger partial charge in [0.1, 0.15) is 5.01 Å². The number of rotatable bonds is 8. The van der Waals surface area contributed by atoms with E-state index in [0.717, 1.165) is 27.4 Å². The van der Waals surface area contributed by atoms with Gasteiger partial charge < -0.3 is 10.6 Å². The molecule has 5 nitrogen and oxygen atoms in total. The molecule has 0 radical (unpaired) electrons. The van der Waals surface area contributed by atoms with Crippen LogP contribution in [0.25, 0.3) is 21.7 Å². The summed E-state index contributed by atoms with van der Waals surface area (Å²) in [6, 6.07) is 25.6. The fourth-order valence-corrected chi connectivity index (χ4v) is 4.21. The lowest BCUT2D eigenvalue weighted by atomic mass is 10.0. The summed E-state index contributed by atoms with van der Waals surface area (Å²) in [7, 11) is 0. The molecular weight excluding hydrogens is 430 g/mol. The second-order valence-electron chi connectivity index (χ2n) is 7.74. The number of aryl methyl sites for hydroxylation is 1. The highest BCUT2D eigenvalue weighted by Crippen LogP contribution is 2.24. The Morgan fingerprint density at radius 2 is 1.48 bits per heavy atom. The summed E-state index contributed by atoms with van der Waals surface area (Å²) in [6.45, 7) is 2.46. The number of hydrogen-bond donors (Lipinski definition) is 2. The van der Waals surface area contributed by atoms with E-state index in [0.29, 0.717) is 18.5 Å². The Kier molecular flexibility index (Phi) is 7.27. The van der Waals surface area contributed by atoms with Crippen LogP contribution in [0.2, 0.25) is 0 Å². The molecule has 0 aliphatic heterocycles. The number of hydrogen-bond acceptors (Lipinski definition) is 4. The Morgan fingerprint density at radius 3 is 2.21 bits per heavy atom. The van der Waals surface area contributed by atoms with Crippen LogP contribution in [0.15, 0.2) is 84.2 Å². The van der Waals surface area contributed by atoms with Crippen molar-refractivity contribution >= 4 is 23.2 Å². The maximum absolute atomic E-state index is 12.4. The van der Waals surface area contributed by atoms with Crippen LogP contribution in [0.1, 0.15) is 21.6 Å². The van der Waals surface area contributed by atoms with Crippen LogP contribution < -0.4 is 10.6 Å². The van der Waals surface area contributed by atoms with Crippen molar-refractivity contribution < 1.29 is 9.59 Å². The van der Waals surface area contributed by atoms with Crippen LogP contribution in [0.4, 0.5) is 0 Å². The molecule has 1 heterocycles. The second kappa shape index (κ2) is 10.7. The minimum Gasteiger partial charge on any atom is -0.354 e. The number of nitrogens with one attached hydrogen (secondary N) is 2. The Balaban J connectivity index is 1.20.